The SMILES string of the molecule is CNC1CCOC(c2ccc(C(C)C)cc2)C1. The standard InChI is InChI=1S/C15H23NO/c1-11(2)12-4-6-13(7-5-12)15-10-14(16-3)8-9-17-15/h4-7,11,14-16H,8-10H2,1-3H3. The lowest BCUT2D eigenvalue weighted by atomic mass is 9.95. The van der Waals surface area contributed by atoms with Gasteiger partial charge in [-0.25, -0.2) is 0 Å². The van der Waals surface area contributed by atoms with Crippen LogP contribution in [0.1, 0.15) is 49.8 Å². The lowest BCUT2D eigenvalue weighted by Crippen LogP contribution is -2.33. The molecule has 2 atom stereocenters. The largest absolute Gasteiger partial charge is 0.373 e. The molecule has 0 amide bonds. The molecule has 0 aliphatic carbocycles. The number of hydrogen-bond acceptors (Lipinski definition) is 2. The second-order valence-electron chi connectivity index (χ2n) is 5.19. The van der Waals surface area contributed by atoms with Crippen molar-refractivity contribution >= 4 is 0 Å². The molecular weight excluding hydrogens is 210 g/mol. The van der Waals surface area contributed by atoms with Gasteiger partial charge in [0.25, 0.3) is 0 Å². The van der Waals surface area contributed by atoms with E-state index in [2.05, 4.69) is 43.4 Å². The first-order chi connectivity index (χ1) is 8.20. The van der Waals surface area contributed by atoms with Gasteiger partial charge in [-0.05, 0) is 36.9 Å². The van der Waals surface area contributed by atoms with E-state index in [1.807, 2.05) is 7.05 Å². The van der Waals surface area contributed by atoms with Crippen LogP contribution in [0.25, 0.3) is 0 Å². The van der Waals surface area contributed by atoms with E-state index in [9.17, 15) is 0 Å². The molecule has 1 aliphatic heterocycles. The fourth-order valence-corrected chi connectivity index (χ4v) is 2.39. The maximum absolute atomic E-state index is 5.86. The Bertz CT molecular complexity index is 344. The third-order valence-corrected chi connectivity index (χ3v) is 3.67. The van der Waals surface area contributed by atoms with Gasteiger partial charge in [0.2, 0.25) is 0 Å². The van der Waals surface area contributed by atoms with Gasteiger partial charge in [-0.3, -0.25) is 0 Å². The molecule has 0 aromatic heterocycles. The van der Waals surface area contributed by atoms with Gasteiger partial charge < -0.3 is 10.1 Å². The van der Waals surface area contributed by atoms with Gasteiger partial charge in [-0.2, -0.15) is 0 Å². The second-order valence-corrected chi connectivity index (χ2v) is 5.19. The van der Waals surface area contributed by atoms with Gasteiger partial charge in [0.15, 0.2) is 0 Å². The lowest BCUT2D eigenvalue weighted by Gasteiger charge is -2.29. The quantitative estimate of drug-likeness (QED) is 0.865. The summed E-state index contributed by atoms with van der Waals surface area (Å²) in [7, 11) is 2.04. The number of ether oxygens (including phenoxy) is 1. The van der Waals surface area contributed by atoms with Gasteiger partial charge in [0.05, 0.1) is 6.10 Å². The van der Waals surface area contributed by atoms with Crippen molar-refractivity contribution in [1.29, 1.82) is 0 Å². The van der Waals surface area contributed by atoms with Crippen molar-refractivity contribution in [3.63, 3.8) is 0 Å². The molecule has 2 heteroatoms. The van der Waals surface area contributed by atoms with Gasteiger partial charge in [0, 0.05) is 12.6 Å². The smallest absolute Gasteiger partial charge is 0.0839 e. The normalized spacial score (nSPS) is 25.2. The first-order valence-electron chi connectivity index (χ1n) is 6.59. The molecule has 2 unspecified atom stereocenters. The molecule has 1 aromatic carbocycles. The van der Waals surface area contributed by atoms with E-state index >= 15 is 0 Å². The summed E-state index contributed by atoms with van der Waals surface area (Å²) in [6, 6.07) is 9.49. The Balaban J connectivity index is 2.06. The summed E-state index contributed by atoms with van der Waals surface area (Å²) in [6.45, 7) is 5.31. The number of nitrogens with one attached hydrogen (secondary N) is 1. The topological polar surface area (TPSA) is 21.3 Å². The molecule has 0 spiro atoms. The fourth-order valence-electron chi connectivity index (χ4n) is 2.39. The monoisotopic (exact) mass is 233 g/mol. The van der Waals surface area contributed by atoms with Crippen LogP contribution in [0.15, 0.2) is 24.3 Å². The zero-order chi connectivity index (χ0) is 12.3. The van der Waals surface area contributed by atoms with Crippen molar-refractivity contribution in [3.8, 4) is 0 Å². The highest BCUT2D eigenvalue weighted by atomic mass is 16.5. The zero-order valence-electron chi connectivity index (χ0n) is 11.1. The molecule has 94 valence electrons. The van der Waals surface area contributed by atoms with E-state index in [0.29, 0.717) is 12.0 Å². The van der Waals surface area contributed by atoms with E-state index in [1.54, 1.807) is 0 Å². The number of benzene rings is 1. The zero-order valence-corrected chi connectivity index (χ0v) is 11.1. The number of rotatable bonds is 3. The molecule has 1 aromatic rings. The third-order valence-electron chi connectivity index (χ3n) is 3.67. The van der Waals surface area contributed by atoms with Gasteiger partial charge >= 0.3 is 0 Å². The third kappa shape index (κ3) is 3.08. The van der Waals surface area contributed by atoms with Crippen LogP contribution in [-0.4, -0.2) is 19.7 Å². The van der Waals surface area contributed by atoms with Crippen LogP contribution in [0, 0.1) is 0 Å². The molecule has 0 saturated carbocycles. The van der Waals surface area contributed by atoms with Crippen molar-refractivity contribution in [1.82, 2.24) is 5.32 Å². The maximum atomic E-state index is 5.86. The lowest BCUT2D eigenvalue weighted by molar-refractivity contribution is 0.00154. The predicted molar refractivity (Wildman–Crippen MR) is 71.3 cm³/mol. The van der Waals surface area contributed by atoms with Crippen LogP contribution in [0.3, 0.4) is 0 Å². The summed E-state index contributed by atoms with van der Waals surface area (Å²) in [5, 5.41) is 3.35. The Hall–Kier alpha value is -0.860. The van der Waals surface area contributed by atoms with Crippen LogP contribution in [-0.2, 0) is 4.74 Å². The Morgan fingerprint density at radius 2 is 1.94 bits per heavy atom. The molecule has 1 aliphatic rings. The Labute approximate surface area is 104 Å². The van der Waals surface area contributed by atoms with Crippen LogP contribution >= 0.6 is 0 Å². The Morgan fingerprint density at radius 1 is 1.24 bits per heavy atom. The molecule has 2 nitrogen and oxygen atoms in total. The Kier molecular flexibility index (Phi) is 4.19. The average molecular weight is 233 g/mol. The van der Waals surface area contributed by atoms with Crippen LogP contribution in [0.2, 0.25) is 0 Å². The summed E-state index contributed by atoms with van der Waals surface area (Å²) in [6.07, 6.45) is 2.47. The van der Waals surface area contributed by atoms with Crippen molar-refractivity contribution in [2.24, 2.45) is 0 Å². The Morgan fingerprint density at radius 3 is 2.53 bits per heavy atom. The van der Waals surface area contributed by atoms with Crippen LogP contribution in [0.4, 0.5) is 0 Å². The van der Waals surface area contributed by atoms with Crippen LogP contribution in [0.5, 0.6) is 0 Å². The van der Waals surface area contributed by atoms with Gasteiger partial charge in [0.1, 0.15) is 0 Å². The van der Waals surface area contributed by atoms with Gasteiger partial charge in [-0.1, -0.05) is 38.1 Å². The summed E-state index contributed by atoms with van der Waals surface area (Å²) < 4.78 is 5.86. The highest BCUT2D eigenvalue weighted by molar-refractivity contribution is 5.26. The highest BCUT2D eigenvalue weighted by Gasteiger charge is 2.22. The molecule has 1 N–H and O–H groups in total. The van der Waals surface area contributed by atoms with E-state index in [0.717, 1.165) is 19.4 Å². The molecule has 1 saturated heterocycles. The highest BCUT2D eigenvalue weighted by Crippen LogP contribution is 2.28. The van der Waals surface area contributed by atoms with E-state index in [-0.39, 0.29) is 6.10 Å². The maximum Gasteiger partial charge on any atom is 0.0839 e. The summed E-state index contributed by atoms with van der Waals surface area (Å²) in [5.41, 5.74) is 2.71. The minimum Gasteiger partial charge on any atom is -0.373 e. The van der Waals surface area contributed by atoms with Crippen molar-refractivity contribution < 1.29 is 4.74 Å². The molecular formula is C15H23NO. The minimum absolute atomic E-state index is 0.266. The molecule has 0 radical (unpaired) electrons. The van der Waals surface area contributed by atoms with Crippen molar-refractivity contribution in [2.75, 3.05) is 13.7 Å². The first kappa shape index (κ1) is 12.6. The first-order valence-corrected chi connectivity index (χ1v) is 6.59. The summed E-state index contributed by atoms with van der Waals surface area (Å²) in [5.74, 6) is 0.599. The molecule has 2 rings (SSSR count). The predicted octanol–water partition coefficient (Wildman–Crippen LogP) is 3.25. The molecule has 0 bridgehead atoms. The molecule has 1 heterocycles. The average Bonchev–Trinajstić information content (AvgIpc) is 2.39. The van der Waals surface area contributed by atoms with E-state index < -0.39 is 0 Å². The summed E-state index contributed by atoms with van der Waals surface area (Å²) >= 11 is 0. The van der Waals surface area contributed by atoms with Crippen molar-refractivity contribution in [2.45, 2.75) is 44.8 Å². The molecule has 17 heavy (non-hydrogen) atoms. The minimum atomic E-state index is 0.266. The van der Waals surface area contributed by atoms with E-state index in [4.69, 9.17) is 4.74 Å². The van der Waals surface area contributed by atoms with Crippen molar-refractivity contribution in [3.05, 3.63) is 35.4 Å². The van der Waals surface area contributed by atoms with E-state index in [1.165, 1.54) is 11.1 Å². The fraction of sp³-hybridized carbons (Fsp3) is 0.600. The molecule has 1 fully saturated rings. The van der Waals surface area contributed by atoms with Crippen LogP contribution < -0.4 is 5.32 Å². The number of hydrogen-bond donors (Lipinski definition) is 1. The van der Waals surface area contributed by atoms with Gasteiger partial charge in [-0.15, -0.1) is 0 Å². The summed E-state index contributed by atoms with van der Waals surface area (Å²) in [4.78, 5) is 0. The second kappa shape index (κ2) is 5.65.